The molecule has 3 aromatic rings. The van der Waals surface area contributed by atoms with Crippen LogP contribution in [0, 0.1) is 0 Å². The number of anilines is 1. The summed E-state index contributed by atoms with van der Waals surface area (Å²) in [5.74, 6) is 0.782. The van der Waals surface area contributed by atoms with E-state index in [1.54, 1.807) is 19.2 Å². The van der Waals surface area contributed by atoms with Gasteiger partial charge in [-0.1, -0.05) is 30.1 Å². The van der Waals surface area contributed by atoms with Gasteiger partial charge in [0.25, 0.3) is 0 Å². The van der Waals surface area contributed by atoms with Crippen LogP contribution < -0.4 is 9.46 Å². The van der Waals surface area contributed by atoms with Crippen LogP contribution in [-0.4, -0.2) is 31.5 Å². The average Bonchev–Trinajstić information content (AvgIpc) is 3.05. The summed E-state index contributed by atoms with van der Waals surface area (Å²) in [6.45, 7) is 1.78. The molecule has 2 N–H and O–H groups in total. The molecule has 0 saturated heterocycles. The normalized spacial score (nSPS) is 11.7. The Bertz CT molecular complexity index is 1030. The van der Waals surface area contributed by atoms with E-state index in [1.807, 2.05) is 30.3 Å². The maximum absolute atomic E-state index is 11.5. The predicted molar refractivity (Wildman–Crippen MR) is 114 cm³/mol. The molecule has 2 aromatic carbocycles. The van der Waals surface area contributed by atoms with Crippen molar-refractivity contribution in [3.05, 3.63) is 52.6 Å². The molecule has 3 rings (SSSR count). The average molecular weight is 445 g/mol. The Hall–Kier alpha value is -1.54. The third-order valence-electron chi connectivity index (χ3n) is 3.94. The van der Waals surface area contributed by atoms with E-state index in [4.69, 9.17) is 27.9 Å². The van der Waals surface area contributed by atoms with E-state index in [0.29, 0.717) is 15.8 Å². The van der Waals surface area contributed by atoms with Gasteiger partial charge in [-0.05, 0) is 48.3 Å². The van der Waals surface area contributed by atoms with Crippen molar-refractivity contribution in [2.45, 2.75) is 11.8 Å². The van der Waals surface area contributed by atoms with Gasteiger partial charge in [-0.15, -0.1) is 0 Å². The molecule has 0 aliphatic rings. The molecule has 0 fully saturated rings. The number of halogens is 2. The van der Waals surface area contributed by atoms with Crippen LogP contribution in [0.2, 0.25) is 10.0 Å². The Balaban J connectivity index is 1.60. The van der Waals surface area contributed by atoms with Crippen molar-refractivity contribution in [1.82, 2.24) is 4.98 Å². The summed E-state index contributed by atoms with van der Waals surface area (Å²) in [6, 6.07) is 11.1. The number of aromatic amines is 1. The zero-order chi connectivity index (χ0) is 19.4. The fourth-order valence-corrected chi connectivity index (χ4v) is 4.26. The standard InChI is InChI=1S/C18H18Cl2N2O3S2/c1-2-27(23,24)10-9-25-12-3-5-13(6-4-12)26-22-16-8-7-14(19)17-15(20)11-21-18(16)17/h3-8,11,21-22H,2,9-10H2,1H3. The molecule has 0 spiro atoms. The van der Waals surface area contributed by atoms with E-state index in [2.05, 4.69) is 9.71 Å². The van der Waals surface area contributed by atoms with Gasteiger partial charge in [0.15, 0.2) is 9.84 Å². The lowest BCUT2D eigenvalue weighted by Gasteiger charge is -2.09. The fourth-order valence-electron chi connectivity index (χ4n) is 2.40. The molecule has 1 heterocycles. The molecule has 144 valence electrons. The van der Waals surface area contributed by atoms with E-state index in [-0.39, 0.29) is 18.1 Å². The minimum atomic E-state index is -3.02. The van der Waals surface area contributed by atoms with Crippen LogP contribution in [0.25, 0.3) is 10.9 Å². The molecule has 27 heavy (non-hydrogen) atoms. The molecular weight excluding hydrogens is 427 g/mol. The van der Waals surface area contributed by atoms with Crippen molar-refractivity contribution in [3.8, 4) is 5.75 Å². The first kappa shape index (κ1) is 20.2. The molecule has 0 amide bonds. The fraction of sp³-hybridized carbons (Fsp3) is 0.222. The summed E-state index contributed by atoms with van der Waals surface area (Å²) >= 11 is 13.8. The lowest BCUT2D eigenvalue weighted by Crippen LogP contribution is -2.15. The minimum absolute atomic E-state index is 0.0207. The number of sulfone groups is 1. The second-order valence-electron chi connectivity index (χ2n) is 5.74. The quantitative estimate of drug-likeness (QED) is 0.454. The highest BCUT2D eigenvalue weighted by Crippen LogP contribution is 2.36. The SMILES string of the molecule is CCS(=O)(=O)CCOc1ccc(SNc2ccc(Cl)c3c(Cl)c[nH]c23)cc1. The number of fused-ring (bicyclic) bond motifs is 1. The van der Waals surface area contributed by atoms with E-state index < -0.39 is 9.84 Å². The Labute approximate surface area is 172 Å². The number of ether oxygens (including phenoxy) is 1. The Kier molecular flexibility index (Phi) is 6.47. The largest absolute Gasteiger partial charge is 0.493 e. The van der Waals surface area contributed by atoms with E-state index in [1.165, 1.54) is 11.9 Å². The zero-order valence-corrected chi connectivity index (χ0v) is 17.6. The van der Waals surface area contributed by atoms with Crippen LogP contribution in [-0.2, 0) is 9.84 Å². The molecule has 0 radical (unpaired) electrons. The summed E-state index contributed by atoms with van der Waals surface area (Å²) in [4.78, 5) is 4.10. The first-order valence-electron chi connectivity index (χ1n) is 8.21. The third-order valence-corrected chi connectivity index (χ3v) is 7.05. The minimum Gasteiger partial charge on any atom is -0.493 e. The smallest absolute Gasteiger partial charge is 0.153 e. The Morgan fingerprint density at radius 2 is 1.85 bits per heavy atom. The molecule has 0 aliphatic heterocycles. The van der Waals surface area contributed by atoms with E-state index in [0.717, 1.165) is 21.5 Å². The van der Waals surface area contributed by atoms with Gasteiger partial charge in [-0.25, -0.2) is 8.42 Å². The van der Waals surface area contributed by atoms with Crippen LogP contribution in [0.4, 0.5) is 5.69 Å². The van der Waals surface area contributed by atoms with Crippen LogP contribution in [0.15, 0.2) is 47.5 Å². The summed E-state index contributed by atoms with van der Waals surface area (Å²) in [6.07, 6.45) is 1.71. The zero-order valence-electron chi connectivity index (χ0n) is 14.5. The second kappa shape index (κ2) is 8.65. The highest BCUT2D eigenvalue weighted by molar-refractivity contribution is 8.00. The van der Waals surface area contributed by atoms with Crippen molar-refractivity contribution in [2.75, 3.05) is 22.8 Å². The van der Waals surface area contributed by atoms with Gasteiger partial charge < -0.3 is 14.4 Å². The summed E-state index contributed by atoms with van der Waals surface area (Å²) < 4.78 is 31.7. The first-order valence-corrected chi connectivity index (χ1v) is 11.6. The highest BCUT2D eigenvalue weighted by atomic mass is 35.5. The maximum atomic E-state index is 11.5. The van der Waals surface area contributed by atoms with Crippen LogP contribution in [0.3, 0.4) is 0 Å². The van der Waals surface area contributed by atoms with Crippen molar-refractivity contribution >= 4 is 61.6 Å². The molecule has 0 saturated carbocycles. The van der Waals surface area contributed by atoms with Gasteiger partial charge in [0.05, 0.1) is 27.0 Å². The second-order valence-corrected chi connectivity index (χ2v) is 9.91. The number of nitrogens with one attached hydrogen (secondary N) is 2. The molecule has 0 unspecified atom stereocenters. The van der Waals surface area contributed by atoms with E-state index in [9.17, 15) is 8.42 Å². The van der Waals surface area contributed by atoms with Crippen LogP contribution in [0.5, 0.6) is 5.75 Å². The molecule has 5 nitrogen and oxygen atoms in total. The molecule has 0 aliphatic carbocycles. The number of rotatable bonds is 8. The number of benzene rings is 2. The van der Waals surface area contributed by atoms with Crippen LogP contribution in [0.1, 0.15) is 6.92 Å². The number of aromatic nitrogens is 1. The Morgan fingerprint density at radius 1 is 1.11 bits per heavy atom. The van der Waals surface area contributed by atoms with Crippen molar-refractivity contribution in [1.29, 1.82) is 0 Å². The van der Waals surface area contributed by atoms with E-state index >= 15 is 0 Å². The number of hydrogen-bond donors (Lipinski definition) is 2. The van der Waals surface area contributed by atoms with Gasteiger partial charge in [0.2, 0.25) is 0 Å². The van der Waals surface area contributed by atoms with Gasteiger partial charge in [0, 0.05) is 22.2 Å². The van der Waals surface area contributed by atoms with Crippen molar-refractivity contribution in [2.24, 2.45) is 0 Å². The molecule has 9 heteroatoms. The van der Waals surface area contributed by atoms with Crippen molar-refractivity contribution < 1.29 is 13.2 Å². The first-order chi connectivity index (χ1) is 12.9. The molecule has 0 atom stereocenters. The van der Waals surface area contributed by atoms with Gasteiger partial charge in [-0.2, -0.15) is 0 Å². The maximum Gasteiger partial charge on any atom is 0.153 e. The van der Waals surface area contributed by atoms with Crippen molar-refractivity contribution in [3.63, 3.8) is 0 Å². The summed E-state index contributed by atoms with van der Waals surface area (Å²) in [5.41, 5.74) is 1.72. The lowest BCUT2D eigenvalue weighted by molar-refractivity contribution is 0.340. The van der Waals surface area contributed by atoms with Gasteiger partial charge in [0.1, 0.15) is 12.4 Å². The third kappa shape index (κ3) is 5.04. The lowest BCUT2D eigenvalue weighted by atomic mass is 10.2. The summed E-state index contributed by atoms with van der Waals surface area (Å²) in [7, 11) is -3.02. The monoisotopic (exact) mass is 444 g/mol. The molecular formula is C18H18Cl2N2O3S2. The predicted octanol–water partition coefficient (Wildman–Crippen LogP) is 5.41. The molecule has 1 aromatic heterocycles. The number of H-pyrrole nitrogens is 1. The molecule has 0 bridgehead atoms. The van der Waals surface area contributed by atoms with Crippen LogP contribution >= 0.6 is 35.1 Å². The highest BCUT2D eigenvalue weighted by Gasteiger charge is 2.11. The number of hydrogen-bond acceptors (Lipinski definition) is 5. The Morgan fingerprint density at radius 3 is 2.56 bits per heavy atom. The van der Waals surface area contributed by atoms with Gasteiger partial charge >= 0.3 is 0 Å². The topological polar surface area (TPSA) is 71.2 Å². The summed E-state index contributed by atoms with van der Waals surface area (Å²) in [5, 5.41) is 1.96. The van der Waals surface area contributed by atoms with Gasteiger partial charge in [-0.3, -0.25) is 0 Å².